The Morgan fingerprint density at radius 1 is 0.947 bits per heavy atom. The van der Waals surface area contributed by atoms with Crippen molar-refractivity contribution >= 4 is 39.8 Å². The largest absolute Gasteiger partial charge is 0.495 e. The molecule has 0 spiro atoms. The zero-order valence-corrected chi connectivity index (χ0v) is 21.2. The van der Waals surface area contributed by atoms with Gasteiger partial charge in [0.1, 0.15) is 23.6 Å². The minimum Gasteiger partial charge on any atom is -0.495 e. The summed E-state index contributed by atoms with van der Waals surface area (Å²) >= 11 is 0. The summed E-state index contributed by atoms with van der Waals surface area (Å²) in [6.07, 6.45) is 3.35. The Hall–Kier alpha value is -4.79. The number of oxazole rings is 1. The Morgan fingerprint density at radius 2 is 1.63 bits per heavy atom. The van der Waals surface area contributed by atoms with Gasteiger partial charge in [0.25, 0.3) is 0 Å². The first-order valence-electron chi connectivity index (χ1n) is 12.0. The van der Waals surface area contributed by atoms with Gasteiger partial charge in [0.2, 0.25) is 5.89 Å². The third-order valence-electron chi connectivity index (χ3n) is 5.86. The molecule has 4 aromatic rings. The van der Waals surface area contributed by atoms with Crippen LogP contribution in [-0.2, 0) is 10.2 Å². The third-order valence-corrected chi connectivity index (χ3v) is 5.86. The zero-order valence-electron chi connectivity index (χ0n) is 21.2. The molecule has 9 heteroatoms. The smallest absolute Gasteiger partial charge is 0.323 e. The molecule has 0 bridgehead atoms. The van der Waals surface area contributed by atoms with Crippen molar-refractivity contribution in [2.24, 2.45) is 10.2 Å². The van der Waals surface area contributed by atoms with Gasteiger partial charge in [-0.05, 0) is 77.7 Å². The number of aromatic nitrogens is 1. The maximum Gasteiger partial charge on any atom is 0.323 e. The molecule has 0 fully saturated rings. The van der Waals surface area contributed by atoms with Gasteiger partial charge in [-0.2, -0.15) is 10.2 Å². The van der Waals surface area contributed by atoms with Gasteiger partial charge < -0.3 is 19.8 Å². The van der Waals surface area contributed by atoms with Crippen LogP contribution in [0.5, 0.6) is 0 Å². The van der Waals surface area contributed by atoms with Crippen LogP contribution in [0.25, 0.3) is 16.7 Å². The molecule has 8 nitrogen and oxygen atoms in total. The number of amides is 2. The van der Waals surface area contributed by atoms with Crippen LogP contribution in [0.1, 0.15) is 32.2 Å². The highest BCUT2D eigenvalue weighted by atomic mass is 19.1. The first kappa shape index (κ1) is 24.9. The number of rotatable bonds is 5. The van der Waals surface area contributed by atoms with Crippen LogP contribution in [0.4, 0.5) is 26.2 Å². The standard InChI is InChI=1S/C29H26FN5O3/c1-29(2,3)18-4-13-26-24(16-18)33-27(38-26)23-14-15-37-17-25(23)35-34-22-11-9-21(10-12-22)32-28(36)31-20-7-5-19(30)6-8-20/h4-16H,17H2,1-3H3,(H2,31,32,36). The number of carbonyl (C=O) groups excluding carboxylic acids is 1. The summed E-state index contributed by atoms with van der Waals surface area (Å²) in [6.45, 7) is 6.69. The lowest BCUT2D eigenvalue weighted by Crippen LogP contribution is -2.19. The minimum absolute atomic E-state index is 0.00198. The second-order valence-electron chi connectivity index (χ2n) is 9.76. The van der Waals surface area contributed by atoms with Crippen LogP contribution in [0.15, 0.2) is 99.4 Å². The predicted molar refractivity (Wildman–Crippen MR) is 145 cm³/mol. The molecule has 0 radical (unpaired) electrons. The summed E-state index contributed by atoms with van der Waals surface area (Å²) in [6, 6.07) is 18.0. The quantitative estimate of drug-likeness (QED) is 0.266. The first-order valence-corrected chi connectivity index (χ1v) is 12.0. The number of urea groups is 1. The number of anilines is 2. The van der Waals surface area contributed by atoms with E-state index in [4.69, 9.17) is 14.1 Å². The van der Waals surface area contributed by atoms with Crippen LogP contribution in [0.3, 0.4) is 0 Å². The van der Waals surface area contributed by atoms with Gasteiger partial charge in [-0.3, -0.25) is 0 Å². The van der Waals surface area contributed by atoms with Crippen LogP contribution in [0, 0.1) is 5.82 Å². The van der Waals surface area contributed by atoms with Gasteiger partial charge in [0, 0.05) is 11.4 Å². The van der Waals surface area contributed by atoms with Gasteiger partial charge >= 0.3 is 6.03 Å². The SMILES string of the molecule is CC(C)(C)c1ccc2oc(C3=C(N=Nc4ccc(NC(=O)Nc5ccc(F)cc5)cc4)COC=C3)nc2c1. The number of ether oxygens (including phenoxy) is 1. The lowest BCUT2D eigenvalue weighted by atomic mass is 9.87. The van der Waals surface area contributed by atoms with Gasteiger partial charge in [0.15, 0.2) is 5.58 Å². The molecular formula is C29H26FN5O3. The molecule has 5 rings (SSSR count). The highest BCUT2D eigenvalue weighted by Crippen LogP contribution is 2.31. The fraction of sp³-hybridized carbons (Fsp3) is 0.172. The Kier molecular flexibility index (Phi) is 6.74. The van der Waals surface area contributed by atoms with E-state index in [-0.39, 0.29) is 17.8 Å². The fourth-order valence-electron chi connectivity index (χ4n) is 3.76. The van der Waals surface area contributed by atoms with E-state index in [0.717, 1.165) is 5.52 Å². The molecule has 0 saturated carbocycles. The number of nitrogens with one attached hydrogen (secondary N) is 2. The van der Waals surface area contributed by atoms with Crippen molar-refractivity contribution in [3.63, 3.8) is 0 Å². The second-order valence-corrected chi connectivity index (χ2v) is 9.76. The number of halogens is 1. The highest BCUT2D eigenvalue weighted by Gasteiger charge is 2.19. The topological polar surface area (TPSA) is 101 Å². The van der Waals surface area contributed by atoms with E-state index in [1.165, 1.54) is 29.8 Å². The Morgan fingerprint density at radius 3 is 2.32 bits per heavy atom. The van der Waals surface area contributed by atoms with Crippen molar-refractivity contribution in [1.29, 1.82) is 0 Å². The average Bonchev–Trinajstić information content (AvgIpc) is 3.33. The molecule has 38 heavy (non-hydrogen) atoms. The molecule has 0 atom stereocenters. The van der Waals surface area contributed by atoms with E-state index in [2.05, 4.69) is 47.7 Å². The maximum absolute atomic E-state index is 13.0. The summed E-state index contributed by atoms with van der Waals surface area (Å²) in [7, 11) is 0. The monoisotopic (exact) mass is 511 g/mol. The molecule has 1 aliphatic heterocycles. The summed E-state index contributed by atoms with van der Waals surface area (Å²) < 4.78 is 24.5. The molecule has 1 aliphatic rings. The van der Waals surface area contributed by atoms with Crippen molar-refractivity contribution in [2.75, 3.05) is 17.2 Å². The van der Waals surface area contributed by atoms with Gasteiger partial charge in [0.05, 0.1) is 17.5 Å². The number of benzene rings is 3. The number of nitrogens with zero attached hydrogens (tertiary/aromatic N) is 3. The fourth-order valence-corrected chi connectivity index (χ4v) is 3.76. The van der Waals surface area contributed by atoms with Crippen molar-refractivity contribution in [3.8, 4) is 0 Å². The lowest BCUT2D eigenvalue weighted by molar-refractivity contribution is 0.262. The predicted octanol–water partition coefficient (Wildman–Crippen LogP) is 7.95. The molecule has 1 aromatic heterocycles. The molecule has 192 valence electrons. The molecule has 2 heterocycles. The minimum atomic E-state index is -0.445. The number of allylic oxidation sites excluding steroid dienone is 2. The number of hydrogen-bond acceptors (Lipinski definition) is 6. The highest BCUT2D eigenvalue weighted by molar-refractivity contribution is 5.99. The summed E-state index contributed by atoms with van der Waals surface area (Å²) in [5.74, 6) is 0.0780. The first-order chi connectivity index (χ1) is 18.2. The second kappa shape index (κ2) is 10.3. The van der Waals surface area contributed by atoms with Gasteiger partial charge in [-0.15, -0.1) is 0 Å². The molecular weight excluding hydrogens is 485 g/mol. The molecule has 0 unspecified atom stereocenters. The lowest BCUT2D eigenvalue weighted by Gasteiger charge is -2.18. The van der Waals surface area contributed by atoms with E-state index >= 15 is 0 Å². The van der Waals surface area contributed by atoms with Crippen LogP contribution >= 0.6 is 0 Å². The number of hydrogen-bond donors (Lipinski definition) is 2. The maximum atomic E-state index is 13.0. The van der Waals surface area contributed by atoms with Gasteiger partial charge in [-0.1, -0.05) is 26.8 Å². The number of carbonyl (C=O) groups is 1. The van der Waals surface area contributed by atoms with Crippen molar-refractivity contribution in [1.82, 2.24) is 4.98 Å². The van der Waals surface area contributed by atoms with Crippen molar-refractivity contribution in [2.45, 2.75) is 26.2 Å². The molecule has 3 aromatic carbocycles. The molecule has 2 amide bonds. The molecule has 2 N–H and O–H groups in total. The van der Waals surface area contributed by atoms with E-state index in [1.807, 2.05) is 12.1 Å². The van der Waals surface area contributed by atoms with E-state index in [0.29, 0.717) is 39.8 Å². The molecule has 0 saturated heterocycles. The summed E-state index contributed by atoms with van der Waals surface area (Å²) in [5, 5.41) is 14.1. The Balaban J connectivity index is 1.30. The summed E-state index contributed by atoms with van der Waals surface area (Å²) in [5.41, 5.74) is 5.56. The van der Waals surface area contributed by atoms with Crippen LogP contribution in [-0.4, -0.2) is 17.6 Å². The van der Waals surface area contributed by atoms with E-state index in [9.17, 15) is 9.18 Å². The third kappa shape index (κ3) is 5.78. The normalized spacial score (nSPS) is 13.7. The number of fused-ring (bicyclic) bond motifs is 1. The molecule has 0 aliphatic carbocycles. The van der Waals surface area contributed by atoms with E-state index < -0.39 is 6.03 Å². The number of azo groups is 1. The van der Waals surface area contributed by atoms with Crippen LogP contribution < -0.4 is 10.6 Å². The average molecular weight is 512 g/mol. The zero-order chi connectivity index (χ0) is 26.7. The Labute approximate surface area is 218 Å². The van der Waals surface area contributed by atoms with Crippen molar-refractivity contribution in [3.05, 3.63) is 102 Å². The van der Waals surface area contributed by atoms with Crippen molar-refractivity contribution < 1.29 is 18.3 Å². The summed E-state index contributed by atoms with van der Waals surface area (Å²) in [4.78, 5) is 16.9. The van der Waals surface area contributed by atoms with Gasteiger partial charge in [-0.25, -0.2) is 14.2 Å². The Bertz CT molecular complexity index is 1560. The van der Waals surface area contributed by atoms with Crippen LogP contribution in [0.2, 0.25) is 0 Å². The van der Waals surface area contributed by atoms with E-state index in [1.54, 1.807) is 36.6 Å².